The highest BCUT2D eigenvalue weighted by molar-refractivity contribution is 9.10. The lowest BCUT2D eigenvalue weighted by atomic mass is 10.2. The van der Waals surface area contributed by atoms with Gasteiger partial charge in [-0.3, -0.25) is 0 Å². The van der Waals surface area contributed by atoms with Crippen molar-refractivity contribution in [3.63, 3.8) is 0 Å². The third kappa shape index (κ3) is 2.98. The van der Waals surface area contributed by atoms with Crippen LogP contribution in [-0.4, -0.2) is 5.11 Å². The number of halogens is 1. The van der Waals surface area contributed by atoms with Crippen molar-refractivity contribution in [1.82, 2.24) is 0 Å². The Balaban J connectivity index is 3.20. The maximum atomic E-state index is 9.53. The minimum Gasteiger partial charge on any atom is -0.506 e. The topological polar surface area (TPSA) is 104 Å². The molecule has 0 fully saturated rings. The Morgan fingerprint density at radius 1 is 1.18 bits per heavy atom. The van der Waals surface area contributed by atoms with Crippen LogP contribution in [0.2, 0.25) is 0 Å². The summed E-state index contributed by atoms with van der Waals surface area (Å²) >= 11 is 3.20. The quantitative estimate of drug-likeness (QED) is 0.642. The number of hydrogen-bond acceptors (Lipinski definition) is 5. The van der Waals surface area contributed by atoms with Crippen molar-refractivity contribution in [1.29, 1.82) is 15.8 Å². The molecule has 0 saturated carbocycles. The van der Waals surface area contributed by atoms with Crippen LogP contribution in [0.25, 0.3) is 0 Å². The Morgan fingerprint density at radius 3 is 2.35 bits per heavy atom. The Labute approximate surface area is 106 Å². The number of benzene rings is 1. The SMILES string of the molecule is N#CC(C#N)=C(C#N)Nc1cc(Br)ccc1O. The number of aromatic hydroxyl groups is 1. The van der Waals surface area contributed by atoms with Crippen molar-refractivity contribution < 1.29 is 5.11 Å². The highest BCUT2D eigenvalue weighted by Crippen LogP contribution is 2.28. The summed E-state index contributed by atoms with van der Waals surface area (Å²) in [6.07, 6.45) is 0. The molecule has 17 heavy (non-hydrogen) atoms. The first kappa shape index (κ1) is 12.6. The van der Waals surface area contributed by atoms with E-state index in [4.69, 9.17) is 15.8 Å². The van der Waals surface area contributed by atoms with Crippen LogP contribution >= 0.6 is 15.9 Å². The Hall–Kier alpha value is -2.49. The molecular weight excluding hydrogens is 284 g/mol. The molecule has 82 valence electrons. The number of phenolic OH excluding ortho intramolecular Hbond substituents is 1. The second-order valence-corrected chi connectivity index (χ2v) is 3.79. The summed E-state index contributed by atoms with van der Waals surface area (Å²) in [5.74, 6) is -0.0869. The number of rotatable bonds is 2. The molecule has 0 unspecified atom stereocenters. The largest absolute Gasteiger partial charge is 0.506 e. The van der Waals surface area contributed by atoms with Gasteiger partial charge in [-0.1, -0.05) is 15.9 Å². The number of phenols is 1. The molecule has 0 saturated heterocycles. The van der Waals surface area contributed by atoms with E-state index in [0.717, 1.165) is 0 Å². The number of allylic oxidation sites excluding steroid dienone is 2. The van der Waals surface area contributed by atoms with Crippen molar-refractivity contribution >= 4 is 21.6 Å². The molecule has 0 amide bonds. The van der Waals surface area contributed by atoms with Gasteiger partial charge in [0.2, 0.25) is 0 Å². The molecule has 0 aliphatic heterocycles. The molecule has 0 aliphatic carbocycles. The normalized spacial score (nSPS) is 8.35. The fourth-order valence-corrected chi connectivity index (χ4v) is 1.39. The van der Waals surface area contributed by atoms with Crippen molar-refractivity contribution in [2.24, 2.45) is 0 Å². The first-order valence-corrected chi connectivity index (χ1v) is 5.11. The van der Waals surface area contributed by atoms with E-state index in [9.17, 15) is 5.11 Å². The van der Waals surface area contributed by atoms with Gasteiger partial charge in [0.1, 0.15) is 29.7 Å². The lowest BCUT2D eigenvalue weighted by molar-refractivity contribution is 0.477. The molecular formula is C11H5BrN4O. The van der Waals surface area contributed by atoms with Crippen LogP contribution < -0.4 is 5.32 Å². The number of nitrogens with one attached hydrogen (secondary N) is 1. The highest BCUT2D eigenvalue weighted by atomic mass is 79.9. The molecule has 1 aromatic carbocycles. The fraction of sp³-hybridized carbons (Fsp3) is 0. The van der Waals surface area contributed by atoms with Gasteiger partial charge in [0.05, 0.1) is 5.69 Å². The van der Waals surface area contributed by atoms with Crippen LogP contribution in [0, 0.1) is 34.0 Å². The van der Waals surface area contributed by atoms with Gasteiger partial charge in [-0.15, -0.1) is 0 Å². The van der Waals surface area contributed by atoms with Crippen LogP contribution in [0.4, 0.5) is 5.69 Å². The van der Waals surface area contributed by atoms with Crippen LogP contribution in [0.5, 0.6) is 5.75 Å². The van der Waals surface area contributed by atoms with Gasteiger partial charge in [-0.05, 0) is 18.2 Å². The first-order valence-electron chi connectivity index (χ1n) is 4.32. The monoisotopic (exact) mass is 288 g/mol. The smallest absolute Gasteiger partial charge is 0.163 e. The lowest BCUT2D eigenvalue weighted by Gasteiger charge is -2.07. The second kappa shape index (κ2) is 5.55. The Kier molecular flexibility index (Phi) is 4.11. The summed E-state index contributed by atoms with van der Waals surface area (Å²) in [4.78, 5) is 0. The molecule has 0 spiro atoms. The van der Waals surface area contributed by atoms with E-state index < -0.39 is 0 Å². The van der Waals surface area contributed by atoms with E-state index in [2.05, 4.69) is 21.2 Å². The van der Waals surface area contributed by atoms with Crippen molar-refractivity contribution in [3.8, 4) is 24.0 Å². The van der Waals surface area contributed by atoms with Gasteiger partial charge in [0.25, 0.3) is 0 Å². The average Bonchev–Trinajstić information content (AvgIpc) is 2.33. The summed E-state index contributed by atoms with van der Waals surface area (Å²) < 4.78 is 0.686. The zero-order valence-corrected chi connectivity index (χ0v) is 9.98. The van der Waals surface area contributed by atoms with Gasteiger partial charge in [0.15, 0.2) is 5.57 Å². The predicted octanol–water partition coefficient (Wildman–Crippen LogP) is 2.39. The van der Waals surface area contributed by atoms with Gasteiger partial charge in [-0.2, -0.15) is 15.8 Å². The lowest BCUT2D eigenvalue weighted by Crippen LogP contribution is -2.00. The molecule has 0 atom stereocenters. The summed E-state index contributed by atoms with van der Waals surface area (Å²) in [6, 6.07) is 9.45. The van der Waals surface area contributed by atoms with Crippen LogP contribution in [0.3, 0.4) is 0 Å². The number of anilines is 1. The van der Waals surface area contributed by atoms with Gasteiger partial charge >= 0.3 is 0 Å². The molecule has 0 radical (unpaired) electrons. The van der Waals surface area contributed by atoms with Crippen LogP contribution in [0.15, 0.2) is 33.9 Å². The predicted molar refractivity (Wildman–Crippen MR) is 63.3 cm³/mol. The summed E-state index contributed by atoms with van der Waals surface area (Å²) in [6.45, 7) is 0. The Morgan fingerprint density at radius 2 is 1.82 bits per heavy atom. The molecule has 0 aliphatic rings. The standard InChI is InChI=1S/C11H5BrN4O/c12-8-1-2-11(17)9(3-8)16-10(6-15)7(4-13)5-14/h1-3,16-17H. The van der Waals surface area contributed by atoms with Crippen molar-refractivity contribution in [2.75, 3.05) is 5.32 Å². The third-order valence-electron chi connectivity index (χ3n) is 1.80. The highest BCUT2D eigenvalue weighted by Gasteiger charge is 2.09. The number of nitrogens with zero attached hydrogens (tertiary/aromatic N) is 3. The molecule has 1 rings (SSSR count). The molecule has 2 N–H and O–H groups in total. The number of nitriles is 3. The molecule has 0 aromatic heterocycles. The Bertz CT molecular complexity index is 585. The fourth-order valence-electron chi connectivity index (χ4n) is 1.03. The van der Waals surface area contributed by atoms with Crippen LogP contribution in [0.1, 0.15) is 0 Å². The molecule has 1 aromatic rings. The number of hydrogen-bond donors (Lipinski definition) is 2. The zero-order valence-electron chi connectivity index (χ0n) is 8.40. The molecule has 0 bridgehead atoms. The summed E-state index contributed by atoms with van der Waals surface area (Å²) in [5.41, 5.74) is -0.311. The molecule has 6 heteroatoms. The van der Waals surface area contributed by atoms with Crippen molar-refractivity contribution in [2.45, 2.75) is 0 Å². The van der Waals surface area contributed by atoms with Gasteiger partial charge in [-0.25, -0.2) is 0 Å². The van der Waals surface area contributed by atoms with E-state index in [-0.39, 0.29) is 22.7 Å². The average molecular weight is 289 g/mol. The third-order valence-corrected chi connectivity index (χ3v) is 2.30. The zero-order chi connectivity index (χ0) is 12.8. The van der Waals surface area contributed by atoms with E-state index in [1.54, 1.807) is 24.3 Å². The maximum absolute atomic E-state index is 9.53. The first-order chi connectivity index (χ1) is 8.12. The van der Waals surface area contributed by atoms with Gasteiger partial charge in [0, 0.05) is 4.47 Å². The van der Waals surface area contributed by atoms with Gasteiger partial charge < -0.3 is 10.4 Å². The van der Waals surface area contributed by atoms with Crippen molar-refractivity contribution in [3.05, 3.63) is 33.9 Å². The van der Waals surface area contributed by atoms with E-state index in [1.165, 1.54) is 12.1 Å². The second-order valence-electron chi connectivity index (χ2n) is 2.87. The van der Waals surface area contributed by atoms with Crippen LogP contribution in [-0.2, 0) is 0 Å². The molecule has 0 heterocycles. The minimum absolute atomic E-state index is 0.0869. The minimum atomic E-state index is -0.341. The molecule has 5 nitrogen and oxygen atoms in total. The summed E-state index contributed by atoms with van der Waals surface area (Å²) in [7, 11) is 0. The van der Waals surface area contributed by atoms with E-state index in [0.29, 0.717) is 4.47 Å². The van der Waals surface area contributed by atoms with E-state index >= 15 is 0 Å². The summed E-state index contributed by atoms with van der Waals surface area (Å²) in [5, 5.41) is 38.1. The van der Waals surface area contributed by atoms with E-state index in [1.807, 2.05) is 0 Å². The maximum Gasteiger partial charge on any atom is 0.163 e.